The largest absolute Gasteiger partial charge is 0.465 e. The fraction of sp³-hybridized carbons (Fsp3) is 0.500. The molecule has 1 aromatic rings. The van der Waals surface area contributed by atoms with E-state index < -0.39 is 5.97 Å². The van der Waals surface area contributed by atoms with Crippen LogP contribution in [0.25, 0.3) is 0 Å². The number of carbonyl (C=O) groups excluding carboxylic acids is 1. The zero-order chi connectivity index (χ0) is 13.2. The van der Waals surface area contributed by atoms with Gasteiger partial charge in [0.25, 0.3) is 0 Å². The van der Waals surface area contributed by atoms with Crippen LogP contribution in [0.5, 0.6) is 0 Å². The molecule has 1 fully saturated rings. The molecule has 1 aliphatic heterocycles. The Bertz CT molecular complexity index is 456. The molecule has 2 rings (SSSR count). The summed E-state index contributed by atoms with van der Waals surface area (Å²) in [7, 11) is 1.33. The number of nitrogens with one attached hydrogen (secondary N) is 1. The Balaban J connectivity index is 2.29. The molecule has 6 nitrogen and oxygen atoms in total. The van der Waals surface area contributed by atoms with Crippen LogP contribution in [0, 0.1) is 0 Å². The molecule has 1 atom stereocenters. The SMILES string of the molecule is COC(=O)c1cc(N)cnc1NC1(C)CCOC1. The van der Waals surface area contributed by atoms with Crippen molar-refractivity contribution in [3.8, 4) is 0 Å². The molecule has 2 heterocycles. The highest BCUT2D eigenvalue weighted by Crippen LogP contribution is 2.25. The molecule has 0 aromatic carbocycles. The maximum Gasteiger partial charge on any atom is 0.341 e. The molecule has 98 valence electrons. The summed E-state index contributed by atoms with van der Waals surface area (Å²) in [6.07, 6.45) is 2.37. The first-order chi connectivity index (χ1) is 8.54. The molecule has 0 radical (unpaired) electrons. The molecule has 6 heteroatoms. The van der Waals surface area contributed by atoms with E-state index >= 15 is 0 Å². The van der Waals surface area contributed by atoms with E-state index in [1.807, 2.05) is 6.92 Å². The van der Waals surface area contributed by atoms with Gasteiger partial charge >= 0.3 is 5.97 Å². The van der Waals surface area contributed by atoms with Crippen molar-refractivity contribution in [2.45, 2.75) is 18.9 Å². The minimum atomic E-state index is -0.459. The van der Waals surface area contributed by atoms with Gasteiger partial charge in [-0.15, -0.1) is 0 Å². The number of nitrogens with zero attached hydrogens (tertiary/aromatic N) is 1. The molecule has 1 saturated heterocycles. The monoisotopic (exact) mass is 251 g/mol. The number of pyridine rings is 1. The normalized spacial score (nSPS) is 22.8. The summed E-state index contributed by atoms with van der Waals surface area (Å²) in [5.74, 6) is 0.0175. The van der Waals surface area contributed by atoms with Crippen LogP contribution in [0.2, 0.25) is 0 Å². The summed E-state index contributed by atoms with van der Waals surface area (Å²) >= 11 is 0. The molecular weight excluding hydrogens is 234 g/mol. The van der Waals surface area contributed by atoms with Gasteiger partial charge in [-0.05, 0) is 19.4 Å². The second-order valence-corrected chi connectivity index (χ2v) is 4.64. The predicted octanol–water partition coefficient (Wildman–Crippen LogP) is 1.04. The Kier molecular flexibility index (Phi) is 3.38. The number of esters is 1. The highest BCUT2D eigenvalue weighted by Gasteiger charge is 2.31. The van der Waals surface area contributed by atoms with Crippen LogP contribution in [0.4, 0.5) is 11.5 Å². The lowest BCUT2D eigenvalue weighted by Gasteiger charge is -2.25. The number of anilines is 2. The van der Waals surface area contributed by atoms with Crippen molar-refractivity contribution in [1.29, 1.82) is 0 Å². The fourth-order valence-electron chi connectivity index (χ4n) is 1.90. The van der Waals surface area contributed by atoms with Crippen LogP contribution < -0.4 is 11.1 Å². The van der Waals surface area contributed by atoms with Gasteiger partial charge in [0.2, 0.25) is 0 Å². The first-order valence-electron chi connectivity index (χ1n) is 5.74. The highest BCUT2D eigenvalue weighted by atomic mass is 16.5. The first kappa shape index (κ1) is 12.6. The zero-order valence-corrected chi connectivity index (χ0v) is 10.5. The van der Waals surface area contributed by atoms with Crippen molar-refractivity contribution in [2.24, 2.45) is 0 Å². The average Bonchev–Trinajstić information content (AvgIpc) is 2.77. The smallest absolute Gasteiger partial charge is 0.341 e. The lowest BCUT2D eigenvalue weighted by atomic mass is 10.0. The summed E-state index contributed by atoms with van der Waals surface area (Å²) in [6, 6.07) is 1.56. The lowest BCUT2D eigenvalue weighted by molar-refractivity contribution is 0.0601. The Hall–Kier alpha value is -1.82. The Morgan fingerprint density at radius 3 is 3.06 bits per heavy atom. The Morgan fingerprint density at radius 1 is 1.67 bits per heavy atom. The molecule has 1 aromatic heterocycles. The van der Waals surface area contributed by atoms with Crippen LogP contribution in [0.1, 0.15) is 23.7 Å². The van der Waals surface area contributed by atoms with Crippen molar-refractivity contribution >= 4 is 17.5 Å². The molecule has 0 bridgehead atoms. The van der Waals surface area contributed by atoms with Crippen LogP contribution in [0.3, 0.4) is 0 Å². The molecule has 3 N–H and O–H groups in total. The minimum Gasteiger partial charge on any atom is -0.465 e. The number of aromatic nitrogens is 1. The number of hydrogen-bond acceptors (Lipinski definition) is 6. The van der Waals surface area contributed by atoms with E-state index in [1.165, 1.54) is 13.3 Å². The quantitative estimate of drug-likeness (QED) is 0.781. The van der Waals surface area contributed by atoms with Crippen molar-refractivity contribution in [3.05, 3.63) is 17.8 Å². The summed E-state index contributed by atoms with van der Waals surface area (Å²) in [6.45, 7) is 3.31. The second-order valence-electron chi connectivity index (χ2n) is 4.64. The van der Waals surface area contributed by atoms with Crippen molar-refractivity contribution in [1.82, 2.24) is 4.98 Å². The molecular formula is C12H17N3O3. The van der Waals surface area contributed by atoms with Crippen LogP contribution in [-0.2, 0) is 9.47 Å². The van der Waals surface area contributed by atoms with Gasteiger partial charge in [-0.1, -0.05) is 0 Å². The Labute approximate surface area is 105 Å². The fourth-order valence-corrected chi connectivity index (χ4v) is 1.90. The molecule has 1 aliphatic rings. The van der Waals surface area contributed by atoms with Crippen molar-refractivity contribution in [2.75, 3.05) is 31.4 Å². The van der Waals surface area contributed by atoms with Gasteiger partial charge < -0.3 is 20.5 Å². The highest BCUT2D eigenvalue weighted by molar-refractivity contribution is 5.95. The van der Waals surface area contributed by atoms with E-state index in [-0.39, 0.29) is 5.54 Å². The van der Waals surface area contributed by atoms with E-state index in [4.69, 9.17) is 15.2 Å². The third-order valence-electron chi connectivity index (χ3n) is 2.95. The number of ether oxygens (including phenoxy) is 2. The Morgan fingerprint density at radius 2 is 2.44 bits per heavy atom. The van der Waals surface area contributed by atoms with E-state index in [0.29, 0.717) is 30.3 Å². The van der Waals surface area contributed by atoms with Gasteiger partial charge in [-0.25, -0.2) is 9.78 Å². The number of nitrogens with two attached hydrogens (primary N) is 1. The molecule has 0 amide bonds. The molecule has 0 aliphatic carbocycles. The van der Waals surface area contributed by atoms with Crippen molar-refractivity contribution < 1.29 is 14.3 Å². The summed E-state index contributed by atoms with van der Waals surface area (Å²) in [5.41, 5.74) is 6.19. The van der Waals surface area contributed by atoms with Gasteiger partial charge in [0.1, 0.15) is 11.4 Å². The number of hydrogen-bond donors (Lipinski definition) is 2. The minimum absolute atomic E-state index is 0.216. The second kappa shape index (κ2) is 4.81. The maximum atomic E-state index is 11.7. The molecule has 0 spiro atoms. The van der Waals surface area contributed by atoms with Crippen LogP contribution >= 0.6 is 0 Å². The lowest BCUT2D eigenvalue weighted by Crippen LogP contribution is -2.36. The zero-order valence-electron chi connectivity index (χ0n) is 10.5. The maximum absolute atomic E-state index is 11.7. The van der Waals surface area contributed by atoms with E-state index in [2.05, 4.69) is 10.3 Å². The summed E-state index contributed by atoms with van der Waals surface area (Å²) < 4.78 is 10.1. The number of rotatable bonds is 3. The molecule has 18 heavy (non-hydrogen) atoms. The predicted molar refractivity (Wildman–Crippen MR) is 67.5 cm³/mol. The molecule has 0 saturated carbocycles. The van der Waals surface area contributed by atoms with E-state index in [1.54, 1.807) is 6.07 Å². The van der Waals surface area contributed by atoms with Crippen LogP contribution in [-0.4, -0.2) is 36.8 Å². The standard InChI is InChI=1S/C12H17N3O3/c1-12(3-4-18-7-12)15-10-9(11(16)17-2)5-8(13)6-14-10/h5-6H,3-4,7,13H2,1-2H3,(H,14,15). The number of methoxy groups -OCH3 is 1. The van der Waals surface area contributed by atoms with Gasteiger partial charge in [0.05, 0.1) is 31.1 Å². The summed E-state index contributed by atoms with van der Waals surface area (Å²) in [5, 5.41) is 3.24. The van der Waals surface area contributed by atoms with Crippen LogP contribution in [0.15, 0.2) is 12.3 Å². The third kappa shape index (κ3) is 2.53. The molecule has 1 unspecified atom stereocenters. The van der Waals surface area contributed by atoms with Gasteiger partial charge in [-0.3, -0.25) is 0 Å². The number of carbonyl (C=O) groups is 1. The van der Waals surface area contributed by atoms with Gasteiger partial charge in [0, 0.05) is 6.61 Å². The topological polar surface area (TPSA) is 86.5 Å². The van der Waals surface area contributed by atoms with Crippen molar-refractivity contribution in [3.63, 3.8) is 0 Å². The average molecular weight is 251 g/mol. The first-order valence-corrected chi connectivity index (χ1v) is 5.74. The number of nitrogen functional groups attached to an aromatic ring is 1. The van der Waals surface area contributed by atoms with E-state index in [0.717, 1.165) is 6.42 Å². The summed E-state index contributed by atoms with van der Waals surface area (Å²) in [4.78, 5) is 15.8. The van der Waals surface area contributed by atoms with Gasteiger partial charge in [0.15, 0.2) is 0 Å². The third-order valence-corrected chi connectivity index (χ3v) is 2.95. The van der Waals surface area contributed by atoms with E-state index in [9.17, 15) is 4.79 Å². The van der Waals surface area contributed by atoms with Gasteiger partial charge in [-0.2, -0.15) is 0 Å².